The lowest BCUT2D eigenvalue weighted by Crippen LogP contribution is -2.30. The number of aromatic nitrogens is 2. The number of nitrogens with zero attached hydrogens (tertiary/aromatic N) is 3. The van der Waals surface area contributed by atoms with E-state index in [1.807, 2.05) is 19.0 Å². The maximum absolute atomic E-state index is 12.1. The molecule has 0 bridgehead atoms. The van der Waals surface area contributed by atoms with Gasteiger partial charge in [-0.15, -0.1) is 0 Å². The third kappa shape index (κ3) is 3.43. The van der Waals surface area contributed by atoms with Crippen molar-refractivity contribution in [1.29, 1.82) is 0 Å². The van der Waals surface area contributed by atoms with Crippen LogP contribution in [-0.4, -0.2) is 29.7 Å². The molecule has 1 fully saturated rings. The second-order valence-electron chi connectivity index (χ2n) is 5.41. The van der Waals surface area contributed by atoms with E-state index in [0.717, 1.165) is 31.4 Å². The van der Waals surface area contributed by atoms with Crippen LogP contribution in [0.15, 0.2) is 17.1 Å². The van der Waals surface area contributed by atoms with Crippen molar-refractivity contribution in [2.75, 3.05) is 19.0 Å². The highest BCUT2D eigenvalue weighted by atomic mass is 16.1. The predicted octanol–water partition coefficient (Wildman–Crippen LogP) is 1.46. The molecule has 0 aliphatic heterocycles. The normalized spacial score (nSPS) is 16.3. The lowest BCUT2D eigenvalue weighted by atomic mass is 9.86. The zero-order valence-corrected chi connectivity index (χ0v) is 11.6. The molecular formula is C14H21N3O2. The molecule has 1 heterocycles. The largest absolute Gasteiger partial charge is 0.376 e. The van der Waals surface area contributed by atoms with Crippen LogP contribution >= 0.6 is 0 Å². The molecule has 1 aromatic heterocycles. The Morgan fingerprint density at radius 2 is 2.05 bits per heavy atom. The van der Waals surface area contributed by atoms with Crippen LogP contribution in [0.5, 0.6) is 0 Å². The minimum atomic E-state index is -0.213. The molecule has 1 aliphatic rings. The monoisotopic (exact) mass is 263 g/mol. The minimum absolute atomic E-state index is 0.108. The van der Waals surface area contributed by atoms with Crippen LogP contribution < -0.4 is 10.5 Å². The van der Waals surface area contributed by atoms with Gasteiger partial charge in [0.1, 0.15) is 6.54 Å². The molecule has 0 N–H and O–H groups in total. The minimum Gasteiger partial charge on any atom is -0.376 e. The van der Waals surface area contributed by atoms with Crippen molar-refractivity contribution in [3.8, 4) is 0 Å². The number of Topliss-reactive ketones (excluding diaryl/α,β-unsaturated/α-hetero) is 1. The van der Waals surface area contributed by atoms with Gasteiger partial charge in [-0.2, -0.15) is 5.10 Å². The summed E-state index contributed by atoms with van der Waals surface area (Å²) in [4.78, 5) is 25.8. The zero-order chi connectivity index (χ0) is 13.8. The van der Waals surface area contributed by atoms with Gasteiger partial charge in [-0.3, -0.25) is 9.59 Å². The number of hydrogen-bond acceptors (Lipinski definition) is 4. The number of carbonyl (C=O) groups excluding carboxylic acids is 1. The van der Waals surface area contributed by atoms with E-state index in [4.69, 9.17) is 0 Å². The van der Waals surface area contributed by atoms with Gasteiger partial charge in [0.2, 0.25) is 0 Å². The standard InChI is InChI=1S/C14H21N3O2/c1-16(2)12-8-14(19)17(15-9-12)10-13(18)11-6-4-3-5-7-11/h8-9,11H,3-7,10H2,1-2H3. The molecule has 1 saturated carbocycles. The van der Waals surface area contributed by atoms with Crippen LogP contribution in [0.2, 0.25) is 0 Å². The van der Waals surface area contributed by atoms with Gasteiger partial charge in [-0.25, -0.2) is 4.68 Å². The van der Waals surface area contributed by atoms with Gasteiger partial charge in [-0.05, 0) is 12.8 Å². The molecule has 1 aromatic rings. The fourth-order valence-corrected chi connectivity index (χ4v) is 2.49. The summed E-state index contributed by atoms with van der Waals surface area (Å²) in [6, 6.07) is 1.52. The van der Waals surface area contributed by atoms with Crippen LogP contribution in [0, 0.1) is 5.92 Å². The Morgan fingerprint density at radius 1 is 1.37 bits per heavy atom. The molecule has 1 aliphatic carbocycles. The van der Waals surface area contributed by atoms with E-state index in [-0.39, 0.29) is 23.8 Å². The van der Waals surface area contributed by atoms with E-state index in [2.05, 4.69) is 5.10 Å². The number of ketones is 1. The molecule has 2 rings (SSSR count). The summed E-state index contributed by atoms with van der Waals surface area (Å²) in [5.74, 6) is 0.267. The lowest BCUT2D eigenvalue weighted by Gasteiger charge is -2.20. The topological polar surface area (TPSA) is 55.2 Å². The highest BCUT2D eigenvalue weighted by Crippen LogP contribution is 2.24. The predicted molar refractivity (Wildman–Crippen MR) is 74.4 cm³/mol. The maximum atomic E-state index is 12.1. The summed E-state index contributed by atoms with van der Waals surface area (Å²) in [5.41, 5.74) is 0.543. The summed E-state index contributed by atoms with van der Waals surface area (Å²) in [6.07, 6.45) is 7.01. The van der Waals surface area contributed by atoms with Crippen molar-refractivity contribution in [1.82, 2.24) is 9.78 Å². The van der Waals surface area contributed by atoms with Crippen molar-refractivity contribution >= 4 is 11.5 Å². The number of rotatable bonds is 4. The quantitative estimate of drug-likeness (QED) is 0.825. The molecule has 0 atom stereocenters. The fraction of sp³-hybridized carbons (Fsp3) is 0.643. The maximum Gasteiger partial charge on any atom is 0.269 e. The van der Waals surface area contributed by atoms with E-state index < -0.39 is 0 Å². The first kappa shape index (κ1) is 13.8. The van der Waals surface area contributed by atoms with Crippen LogP contribution in [0.1, 0.15) is 32.1 Å². The van der Waals surface area contributed by atoms with Crippen molar-refractivity contribution in [2.24, 2.45) is 5.92 Å². The van der Waals surface area contributed by atoms with Gasteiger partial charge in [0.25, 0.3) is 5.56 Å². The first-order valence-electron chi connectivity index (χ1n) is 6.85. The first-order valence-corrected chi connectivity index (χ1v) is 6.85. The number of hydrogen-bond donors (Lipinski definition) is 0. The highest BCUT2D eigenvalue weighted by Gasteiger charge is 2.21. The smallest absolute Gasteiger partial charge is 0.269 e. The first-order chi connectivity index (χ1) is 9.08. The second-order valence-corrected chi connectivity index (χ2v) is 5.41. The Kier molecular flexibility index (Phi) is 4.35. The molecular weight excluding hydrogens is 242 g/mol. The van der Waals surface area contributed by atoms with E-state index in [0.29, 0.717) is 0 Å². The molecule has 0 unspecified atom stereocenters. The third-order valence-electron chi connectivity index (χ3n) is 3.74. The number of carbonyl (C=O) groups is 1. The van der Waals surface area contributed by atoms with Crippen molar-refractivity contribution < 1.29 is 4.79 Å². The Hall–Kier alpha value is -1.65. The van der Waals surface area contributed by atoms with Gasteiger partial charge in [0, 0.05) is 26.1 Å². The van der Waals surface area contributed by atoms with Crippen LogP contribution in [0.4, 0.5) is 5.69 Å². The van der Waals surface area contributed by atoms with Crippen LogP contribution in [0.25, 0.3) is 0 Å². The molecule has 104 valence electrons. The van der Waals surface area contributed by atoms with E-state index >= 15 is 0 Å². The van der Waals surface area contributed by atoms with Gasteiger partial charge < -0.3 is 4.90 Å². The molecule has 0 aromatic carbocycles. The average Bonchev–Trinajstić information content (AvgIpc) is 2.41. The summed E-state index contributed by atoms with van der Waals surface area (Å²) in [6.45, 7) is 0.108. The molecule has 19 heavy (non-hydrogen) atoms. The Morgan fingerprint density at radius 3 is 2.63 bits per heavy atom. The summed E-state index contributed by atoms with van der Waals surface area (Å²) >= 11 is 0. The molecule has 5 nitrogen and oxygen atoms in total. The summed E-state index contributed by atoms with van der Waals surface area (Å²) in [5, 5.41) is 4.08. The lowest BCUT2D eigenvalue weighted by molar-refractivity contribution is -0.124. The Bertz CT molecular complexity index is 502. The van der Waals surface area contributed by atoms with Crippen molar-refractivity contribution in [2.45, 2.75) is 38.6 Å². The average molecular weight is 263 g/mol. The summed E-state index contributed by atoms with van der Waals surface area (Å²) in [7, 11) is 3.71. The van der Waals surface area contributed by atoms with Crippen molar-refractivity contribution in [3.05, 3.63) is 22.6 Å². The SMILES string of the molecule is CN(C)c1cnn(CC(=O)C2CCCCC2)c(=O)c1. The molecule has 0 radical (unpaired) electrons. The molecule has 0 saturated heterocycles. The van der Waals surface area contributed by atoms with E-state index in [1.54, 1.807) is 6.20 Å². The van der Waals surface area contributed by atoms with Crippen LogP contribution in [0.3, 0.4) is 0 Å². The third-order valence-corrected chi connectivity index (χ3v) is 3.74. The second kappa shape index (κ2) is 5.99. The Balaban J connectivity index is 2.06. The molecule has 5 heteroatoms. The number of anilines is 1. The van der Waals surface area contributed by atoms with E-state index in [1.165, 1.54) is 17.2 Å². The van der Waals surface area contributed by atoms with Crippen LogP contribution in [-0.2, 0) is 11.3 Å². The highest BCUT2D eigenvalue weighted by molar-refractivity contribution is 5.80. The van der Waals surface area contributed by atoms with Gasteiger partial charge in [0.15, 0.2) is 5.78 Å². The van der Waals surface area contributed by atoms with Gasteiger partial charge in [0.05, 0.1) is 11.9 Å². The van der Waals surface area contributed by atoms with Gasteiger partial charge in [-0.1, -0.05) is 19.3 Å². The zero-order valence-electron chi connectivity index (χ0n) is 11.6. The van der Waals surface area contributed by atoms with Crippen molar-refractivity contribution in [3.63, 3.8) is 0 Å². The van der Waals surface area contributed by atoms with E-state index in [9.17, 15) is 9.59 Å². The molecule has 0 spiro atoms. The Labute approximate surface area is 113 Å². The molecule has 0 amide bonds. The fourth-order valence-electron chi connectivity index (χ4n) is 2.49. The summed E-state index contributed by atoms with van der Waals surface area (Å²) < 4.78 is 1.27. The van der Waals surface area contributed by atoms with Gasteiger partial charge >= 0.3 is 0 Å².